The predicted octanol–water partition coefficient (Wildman–Crippen LogP) is 3.91. The minimum Gasteiger partial charge on any atom is -0.386 e. The number of likely N-dealkylation sites (tertiary alicyclic amines) is 1. The lowest BCUT2D eigenvalue weighted by molar-refractivity contribution is 0.112. The first kappa shape index (κ1) is 24.9. The number of carbonyl (C=O) groups is 1. The van der Waals surface area contributed by atoms with Crippen molar-refractivity contribution in [3.8, 4) is 11.1 Å². The van der Waals surface area contributed by atoms with Crippen LogP contribution < -0.4 is 21.1 Å². The van der Waals surface area contributed by atoms with E-state index < -0.39 is 0 Å². The number of rotatable bonds is 5. The van der Waals surface area contributed by atoms with Gasteiger partial charge in [-0.15, -0.1) is 0 Å². The van der Waals surface area contributed by atoms with Crippen LogP contribution in [-0.4, -0.2) is 77.6 Å². The lowest BCUT2D eigenvalue weighted by Gasteiger charge is -2.29. The number of anilines is 2. The van der Waals surface area contributed by atoms with Gasteiger partial charge in [-0.3, -0.25) is 9.59 Å². The summed E-state index contributed by atoms with van der Waals surface area (Å²) in [6.07, 6.45) is 6.80. The molecule has 5 aromatic rings. The van der Waals surface area contributed by atoms with Crippen molar-refractivity contribution in [2.75, 3.05) is 56.4 Å². The number of aldehydes is 1. The van der Waals surface area contributed by atoms with Gasteiger partial charge < -0.3 is 25.5 Å². The molecule has 11 heteroatoms. The van der Waals surface area contributed by atoms with Gasteiger partial charge in [0.25, 0.3) is 0 Å². The summed E-state index contributed by atoms with van der Waals surface area (Å²) >= 11 is 6.60. The highest BCUT2D eigenvalue weighted by atomic mass is 35.5. The summed E-state index contributed by atoms with van der Waals surface area (Å²) < 4.78 is 1.59. The number of aromatic nitrogens is 4. The monoisotopic (exact) mass is 556 g/mol. The van der Waals surface area contributed by atoms with Crippen molar-refractivity contribution in [3.05, 3.63) is 57.6 Å². The maximum Gasteiger partial charge on any atom is 0.201 e. The zero-order chi connectivity index (χ0) is 27.7. The maximum atomic E-state index is 13.2. The molecule has 2 aliphatic heterocycles. The molecule has 0 saturated carbocycles. The fourth-order valence-electron chi connectivity index (χ4n) is 6.70. The SMILES string of the molecule is CNc1cc(Cl)cc2c1[nH]c1ncc(-c3cnc4c(c3)c(=O)c(C=O)cn4NC)c(N3CC[C@H]4CN(C)C[C@H]43)c12. The topological polar surface area (TPSA) is 111 Å². The van der Waals surface area contributed by atoms with Crippen LogP contribution in [-0.2, 0) is 0 Å². The summed E-state index contributed by atoms with van der Waals surface area (Å²) in [6, 6.07) is 6.08. The molecule has 3 N–H and O–H groups in total. The number of hydrogen-bond acceptors (Lipinski definition) is 8. The Morgan fingerprint density at radius 2 is 1.98 bits per heavy atom. The van der Waals surface area contributed by atoms with E-state index in [9.17, 15) is 9.59 Å². The highest BCUT2D eigenvalue weighted by Crippen LogP contribution is 2.46. The van der Waals surface area contributed by atoms with E-state index in [-0.39, 0.29) is 11.0 Å². The van der Waals surface area contributed by atoms with E-state index in [1.54, 1.807) is 17.9 Å². The van der Waals surface area contributed by atoms with Crippen molar-refractivity contribution in [2.24, 2.45) is 5.92 Å². The Bertz CT molecular complexity index is 1900. The van der Waals surface area contributed by atoms with Gasteiger partial charge in [-0.2, -0.15) is 0 Å². The second-order valence-electron chi connectivity index (χ2n) is 10.7. The molecule has 2 fully saturated rings. The summed E-state index contributed by atoms with van der Waals surface area (Å²) in [7, 11) is 5.77. The van der Waals surface area contributed by atoms with E-state index in [1.165, 1.54) is 6.20 Å². The van der Waals surface area contributed by atoms with Gasteiger partial charge in [0.1, 0.15) is 5.65 Å². The highest BCUT2D eigenvalue weighted by molar-refractivity contribution is 6.33. The molecule has 4 aromatic heterocycles. The number of benzene rings is 1. The van der Waals surface area contributed by atoms with Gasteiger partial charge in [0.15, 0.2) is 11.9 Å². The molecule has 40 heavy (non-hydrogen) atoms. The van der Waals surface area contributed by atoms with Gasteiger partial charge in [-0.1, -0.05) is 11.6 Å². The van der Waals surface area contributed by atoms with E-state index >= 15 is 0 Å². The van der Waals surface area contributed by atoms with Crippen molar-refractivity contribution >= 4 is 62.2 Å². The van der Waals surface area contributed by atoms with E-state index in [0.717, 1.165) is 70.5 Å². The molecule has 0 aliphatic carbocycles. The number of nitrogens with zero attached hydrogens (tertiary/aromatic N) is 5. The van der Waals surface area contributed by atoms with Crippen molar-refractivity contribution in [1.29, 1.82) is 0 Å². The van der Waals surface area contributed by atoms with Crippen LogP contribution in [0.2, 0.25) is 5.02 Å². The first-order valence-corrected chi connectivity index (χ1v) is 13.7. The number of aromatic amines is 1. The first-order chi connectivity index (χ1) is 19.4. The average Bonchev–Trinajstić information content (AvgIpc) is 3.64. The zero-order valence-corrected chi connectivity index (χ0v) is 23.2. The quantitative estimate of drug-likeness (QED) is 0.279. The highest BCUT2D eigenvalue weighted by Gasteiger charge is 2.41. The van der Waals surface area contributed by atoms with E-state index in [2.05, 4.69) is 37.6 Å². The molecule has 7 rings (SSSR count). The number of likely N-dealkylation sites (N-methyl/N-ethyl adjacent to an activating group) is 1. The van der Waals surface area contributed by atoms with E-state index in [0.29, 0.717) is 34.3 Å². The lowest BCUT2D eigenvalue weighted by Crippen LogP contribution is -2.35. The standard InChI is InChI=1S/C29H29ClN8O2/c1-31-22-8-18(30)7-19-24-26(37-5-4-15-11-36(3)13-23(15)37)21(10-33-28(24)35-25(19)22)16-6-20-27(40)17(14-39)12-38(32-2)29(20)34-9-16/h6-10,12,14-15,23,31-32H,4-5,11,13H2,1-3H3,(H,33,35)/t15-,23+/m0/s1. The number of pyridine rings is 3. The summed E-state index contributed by atoms with van der Waals surface area (Å²) in [4.78, 5) is 42.9. The normalized spacial score (nSPS) is 19.1. The summed E-state index contributed by atoms with van der Waals surface area (Å²) in [5.41, 5.74) is 8.47. The third-order valence-corrected chi connectivity index (χ3v) is 8.72. The first-order valence-electron chi connectivity index (χ1n) is 13.4. The zero-order valence-electron chi connectivity index (χ0n) is 22.5. The molecule has 10 nitrogen and oxygen atoms in total. The fraction of sp³-hybridized carbons (Fsp3) is 0.310. The Hall–Kier alpha value is -4.15. The van der Waals surface area contributed by atoms with Crippen LogP contribution >= 0.6 is 11.6 Å². The molecular weight excluding hydrogens is 528 g/mol. The maximum absolute atomic E-state index is 13.2. The van der Waals surface area contributed by atoms with Crippen molar-refractivity contribution in [1.82, 2.24) is 24.5 Å². The van der Waals surface area contributed by atoms with Crippen LogP contribution in [0.5, 0.6) is 0 Å². The fourth-order valence-corrected chi connectivity index (χ4v) is 6.92. The third-order valence-electron chi connectivity index (χ3n) is 8.50. The number of nitrogens with one attached hydrogen (secondary N) is 3. The Kier molecular flexibility index (Phi) is 5.72. The number of H-pyrrole nitrogens is 1. The minimum atomic E-state index is -0.349. The van der Waals surface area contributed by atoms with Crippen LogP contribution in [0.25, 0.3) is 44.1 Å². The summed E-state index contributed by atoms with van der Waals surface area (Å²) in [5, 5.41) is 6.23. The molecule has 204 valence electrons. The van der Waals surface area contributed by atoms with Gasteiger partial charge in [0, 0.05) is 79.9 Å². The number of carbonyl (C=O) groups excluding carboxylic acids is 1. The molecule has 0 radical (unpaired) electrons. The van der Waals surface area contributed by atoms with Crippen LogP contribution in [0.3, 0.4) is 0 Å². The van der Waals surface area contributed by atoms with Crippen molar-refractivity contribution in [3.63, 3.8) is 0 Å². The Morgan fingerprint density at radius 3 is 2.75 bits per heavy atom. The molecule has 0 spiro atoms. The number of fused-ring (bicyclic) bond motifs is 5. The summed E-state index contributed by atoms with van der Waals surface area (Å²) in [6.45, 7) is 2.97. The Labute approximate surface area is 234 Å². The average molecular weight is 557 g/mol. The minimum absolute atomic E-state index is 0.0665. The van der Waals surface area contributed by atoms with Crippen LogP contribution in [0.15, 0.2) is 41.6 Å². The molecule has 6 heterocycles. The Morgan fingerprint density at radius 1 is 1.12 bits per heavy atom. The largest absolute Gasteiger partial charge is 0.386 e. The van der Waals surface area contributed by atoms with Gasteiger partial charge >= 0.3 is 0 Å². The lowest BCUT2D eigenvalue weighted by atomic mass is 10.00. The molecule has 0 amide bonds. The van der Waals surface area contributed by atoms with Gasteiger partial charge in [0.2, 0.25) is 5.43 Å². The van der Waals surface area contributed by atoms with Crippen molar-refractivity contribution in [2.45, 2.75) is 12.5 Å². The predicted molar refractivity (Wildman–Crippen MR) is 161 cm³/mol. The smallest absolute Gasteiger partial charge is 0.201 e. The second kappa shape index (κ2) is 9.21. The number of hydrogen-bond donors (Lipinski definition) is 3. The molecule has 2 atom stereocenters. The third kappa shape index (κ3) is 3.59. The molecule has 2 saturated heterocycles. The van der Waals surface area contributed by atoms with Crippen LogP contribution in [0, 0.1) is 5.92 Å². The Balaban J connectivity index is 1.55. The molecule has 0 bridgehead atoms. The van der Waals surface area contributed by atoms with Gasteiger partial charge in [-0.05, 0) is 37.6 Å². The molecule has 1 aromatic carbocycles. The van der Waals surface area contributed by atoms with Crippen LogP contribution in [0.4, 0.5) is 11.4 Å². The molecule has 0 unspecified atom stereocenters. The molecule has 2 aliphatic rings. The van der Waals surface area contributed by atoms with E-state index in [1.807, 2.05) is 31.4 Å². The summed E-state index contributed by atoms with van der Waals surface area (Å²) in [5.74, 6) is 0.579. The van der Waals surface area contributed by atoms with Gasteiger partial charge in [-0.25, -0.2) is 14.6 Å². The molecular formula is C29H29ClN8O2. The van der Waals surface area contributed by atoms with Gasteiger partial charge in [0.05, 0.1) is 33.2 Å². The van der Waals surface area contributed by atoms with E-state index in [4.69, 9.17) is 16.6 Å². The van der Waals surface area contributed by atoms with Crippen molar-refractivity contribution < 1.29 is 4.79 Å². The number of halogens is 1. The van der Waals surface area contributed by atoms with Crippen LogP contribution in [0.1, 0.15) is 16.8 Å². The second-order valence-corrected chi connectivity index (χ2v) is 11.2.